The molecule has 2 aliphatic rings. The SMILES string of the molecule is O=S1(=O)Nc2ccccc2CC12CC2. The summed E-state index contributed by atoms with van der Waals surface area (Å²) in [4.78, 5) is 0. The van der Waals surface area contributed by atoms with Gasteiger partial charge in [0.25, 0.3) is 0 Å². The molecule has 1 aliphatic carbocycles. The average Bonchev–Trinajstić information content (AvgIpc) is 2.88. The Morgan fingerprint density at radius 3 is 2.64 bits per heavy atom. The highest BCUT2D eigenvalue weighted by molar-refractivity contribution is 7.94. The van der Waals surface area contributed by atoms with Crippen molar-refractivity contribution in [2.75, 3.05) is 4.72 Å². The minimum atomic E-state index is -3.11. The zero-order chi connectivity index (χ0) is 9.81. The summed E-state index contributed by atoms with van der Waals surface area (Å²) in [5, 5.41) is 0. The molecule has 3 nitrogen and oxygen atoms in total. The van der Waals surface area contributed by atoms with E-state index in [1.807, 2.05) is 24.3 Å². The van der Waals surface area contributed by atoms with E-state index in [1.165, 1.54) is 0 Å². The van der Waals surface area contributed by atoms with E-state index in [2.05, 4.69) is 4.72 Å². The molecule has 1 spiro atoms. The minimum Gasteiger partial charge on any atom is -0.283 e. The van der Waals surface area contributed by atoms with Gasteiger partial charge in [-0.15, -0.1) is 0 Å². The van der Waals surface area contributed by atoms with Crippen molar-refractivity contribution in [2.45, 2.75) is 24.0 Å². The number of hydrogen-bond donors (Lipinski definition) is 1. The van der Waals surface area contributed by atoms with Crippen LogP contribution in [0.2, 0.25) is 0 Å². The number of rotatable bonds is 0. The van der Waals surface area contributed by atoms with E-state index >= 15 is 0 Å². The lowest BCUT2D eigenvalue weighted by atomic mass is 10.1. The summed E-state index contributed by atoms with van der Waals surface area (Å²) in [6, 6.07) is 7.62. The van der Waals surface area contributed by atoms with Gasteiger partial charge in [-0.25, -0.2) is 8.42 Å². The zero-order valence-corrected chi connectivity index (χ0v) is 8.47. The molecular formula is C10H11NO2S. The first-order valence-corrected chi connectivity index (χ1v) is 6.22. The fourth-order valence-corrected chi connectivity index (χ4v) is 3.74. The highest BCUT2D eigenvalue weighted by Gasteiger charge is 2.56. The van der Waals surface area contributed by atoms with Crippen LogP contribution >= 0.6 is 0 Å². The van der Waals surface area contributed by atoms with Crippen LogP contribution in [0.1, 0.15) is 18.4 Å². The molecule has 0 saturated heterocycles. The second-order valence-corrected chi connectivity index (χ2v) is 6.20. The molecule has 1 heterocycles. The molecule has 1 aromatic rings. The molecule has 0 aromatic heterocycles. The zero-order valence-electron chi connectivity index (χ0n) is 7.66. The highest BCUT2D eigenvalue weighted by Crippen LogP contribution is 2.50. The monoisotopic (exact) mass is 209 g/mol. The summed E-state index contributed by atoms with van der Waals surface area (Å²) < 4.78 is 25.8. The topological polar surface area (TPSA) is 46.2 Å². The van der Waals surface area contributed by atoms with Crippen LogP contribution in [0.15, 0.2) is 24.3 Å². The maximum atomic E-state index is 11.8. The van der Waals surface area contributed by atoms with Gasteiger partial charge in [-0.3, -0.25) is 4.72 Å². The van der Waals surface area contributed by atoms with E-state index in [9.17, 15) is 8.42 Å². The molecule has 1 aromatic carbocycles. The largest absolute Gasteiger partial charge is 0.283 e. The predicted octanol–water partition coefficient (Wildman–Crippen LogP) is 1.52. The van der Waals surface area contributed by atoms with Crippen LogP contribution in [-0.2, 0) is 16.4 Å². The van der Waals surface area contributed by atoms with E-state index in [4.69, 9.17) is 0 Å². The molecule has 0 unspecified atom stereocenters. The molecule has 3 rings (SSSR count). The number of benzene rings is 1. The Kier molecular flexibility index (Phi) is 1.37. The Morgan fingerprint density at radius 2 is 1.93 bits per heavy atom. The Labute approximate surface area is 83.2 Å². The van der Waals surface area contributed by atoms with E-state index in [1.54, 1.807) is 0 Å². The molecular weight excluding hydrogens is 198 g/mol. The van der Waals surface area contributed by atoms with Crippen molar-refractivity contribution >= 4 is 15.7 Å². The highest BCUT2D eigenvalue weighted by atomic mass is 32.2. The summed E-state index contributed by atoms with van der Waals surface area (Å²) in [5.41, 5.74) is 1.88. The molecule has 0 bridgehead atoms. The van der Waals surface area contributed by atoms with Crippen molar-refractivity contribution in [3.63, 3.8) is 0 Å². The molecule has 0 radical (unpaired) electrons. The van der Waals surface area contributed by atoms with Crippen molar-refractivity contribution in [2.24, 2.45) is 0 Å². The Balaban J connectivity index is 2.16. The van der Waals surface area contributed by atoms with E-state index < -0.39 is 14.8 Å². The lowest BCUT2D eigenvalue weighted by Crippen LogP contribution is -2.36. The number of sulfonamides is 1. The first-order chi connectivity index (χ1) is 6.63. The molecule has 14 heavy (non-hydrogen) atoms. The molecule has 74 valence electrons. The van der Waals surface area contributed by atoms with E-state index in [0.29, 0.717) is 6.42 Å². The summed E-state index contributed by atoms with van der Waals surface area (Å²) in [5.74, 6) is 0. The van der Waals surface area contributed by atoms with Crippen molar-refractivity contribution in [3.8, 4) is 0 Å². The molecule has 0 amide bonds. The minimum absolute atomic E-state index is 0.471. The lowest BCUT2D eigenvalue weighted by Gasteiger charge is -2.25. The number of fused-ring (bicyclic) bond motifs is 1. The van der Waals surface area contributed by atoms with E-state index in [-0.39, 0.29) is 0 Å². The standard InChI is InChI=1S/C10H11NO2S/c12-14(13)10(5-6-10)7-8-3-1-2-4-9(8)11-14/h1-4,11H,5-7H2. The quantitative estimate of drug-likeness (QED) is 0.704. The first kappa shape index (κ1) is 8.29. The van der Waals surface area contributed by atoms with Crippen LogP contribution < -0.4 is 4.72 Å². The van der Waals surface area contributed by atoms with Gasteiger partial charge in [0, 0.05) is 0 Å². The Bertz CT molecular complexity index is 489. The van der Waals surface area contributed by atoms with Gasteiger partial charge in [-0.2, -0.15) is 0 Å². The summed E-state index contributed by atoms with van der Waals surface area (Å²) in [6.45, 7) is 0. The van der Waals surface area contributed by atoms with Crippen LogP contribution in [0.3, 0.4) is 0 Å². The van der Waals surface area contributed by atoms with Gasteiger partial charge in [-0.1, -0.05) is 18.2 Å². The number of nitrogens with one attached hydrogen (secondary N) is 1. The normalized spacial score (nSPS) is 25.1. The lowest BCUT2D eigenvalue weighted by molar-refractivity contribution is 0.578. The molecule has 1 saturated carbocycles. The van der Waals surface area contributed by atoms with Crippen LogP contribution in [0.5, 0.6) is 0 Å². The molecule has 1 N–H and O–H groups in total. The third-order valence-electron chi connectivity index (χ3n) is 3.15. The van der Waals surface area contributed by atoms with Gasteiger partial charge in [0.2, 0.25) is 10.0 Å². The third kappa shape index (κ3) is 0.945. The molecule has 1 aliphatic heterocycles. The molecule has 1 fully saturated rings. The summed E-state index contributed by atoms with van der Waals surface area (Å²) >= 11 is 0. The van der Waals surface area contributed by atoms with Gasteiger partial charge in [-0.05, 0) is 30.9 Å². The summed E-state index contributed by atoms with van der Waals surface area (Å²) in [6.07, 6.45) is 2.28. The van der Waals surface area contributed by atoms with Crippen LogP contribution in [-0.4, -0.2) is 13.2 Å². The number of hydrogen-bond acceptors (Lipinski definition) is 2. The van der Waals surface area contributed by atoms with Crippen molar-refractivity contribution < 1.29 is 8.42 Å². The van der Waals surface area contributed by atoms with Gasteiger partial charge in [0.1, 0.15) is 0 Å². The van der Waals surface area contributed by atoms with Crippen molar-refractivity contribution in [1.29, 1.82) is 0 Å². The Hall–Kier alpha value is -1.03. The smallest absolute Gasteiger partial charge is 0.238 e. The fraction of sp³-hybridized carbons (Fsp3) is 0.400. The van der Waals surface area contributed by atoms with Gasteiger partial charge in [0.05, 0.1) is 10.4 Å². The fourth-order valence-electron chi connectivity index (χ4n) is 2.05. The van der Waals surface area contributed by atoms with E-state index in [0.717, 1.165) is 24.1 Å². The Morgan fingerprint density at radius 1 is 1.21 bits per heavy atom. The second-order valence-electron chi connectivity index (χ2n) is 4.12. The van der Waals surface area contributed by atoms with Gasteiger partial charge >= 0.3 is 0 Å². The van der Waals surface area contributed by atoms with Crippen molar-refractivity contribution in [1.82, 2.24) is 0 Å². The van der Waals surface area contributed by atoms with Gasteiger partial charge < -0.3 is 0 Å². The average molecular weight is 209 g/mol. The molecule has 0 atom stereocenters. The van der Waals surface area contributed by atoms with Crippen molar-refractivity contribution in [3.05, 3.63) is 29.8 Å². The first-order valence-electron chi connectivity index (χ1n) is 4.73. The third-order valence-corrected chi connectivity index (χ3v) is 5.33. The van der Waals surface area contributed by atoms with Crippen LogP contribution in [0.4, 0.5) is 5.69 Å². The van der Waals surface area contributed by atoms with Crippen LogP contribution in [0, 0.1) is 0 Å². The maximum absolute atomic E-state index is 11.8. The van der Waals surface area contributed by atoms with Crippen LogP contribution in [0.25, 0.3) is 0 Å². The van der Waals surface area contributed by atoms with Gasteiger partial charge in [0.15, 0.2) is 0 Å². The summed E-state index contributed by atoms with van der Waals surface area (Å²) in [7, 11) is -3.11. The molecule has 4 heteroatoms. The number of anilines is 1. The number of para-hydroxylation sites is 1. The maximum Gasteiger partial charge on any atom is 0.238 e. The predicted molar refractivity (Wildman–Crippen MR) is 54.7 cm³/mol. The second kappa shape index (κ2) is 2.31.